The van der Waals surface area contributed by atoms with E-state index in [9.17, 15) is 9.18 Å². The molecule has 0 saturated carbocycles. The minimum absolute atomic E-state index is 0.0758. The number of ether oxygens (including phenoxy) is 3. The summed E-state index contributed by atoms with van der Waals surface area (Å²) in [5.41, 5.74) is 0.746. The number of hydrogen-bond donors (Lipinski definition) is 0. The Morgan fingerprint density at radius 1 is 0.962 bits per heavy atom. The van der Waals surface area contributed by atoms with E-state index >= 15 is 0 Å². The molecule has 6 heteroatoms. The van der Waals surface area contributed by atoms with E-state index in [-0.39, 0.29) is 11.1 Å². The molecule has 0 aliphatic rings. The molecule has 0 aliphatic carbocycles. The highest BCUT2D eigenvalue weighted by molar-refractivity contribution is 6.10. The molecule has 3 rings (SSSR count). The van der Waals surface area contributed by atoms with Gasteiger partial charge >= 0.3 is 0 Å². The number of carbonyl (C=O) groups is 1. The lowest BCUT2D eigenvalue weighted by atomic mass is 9.99. The van der Waals surface area contributed by atoms with Crippen molar-refractivity contribution >= 4 is 5.78 Å². The van der Waals surface area contributed by atoms with Crippen LogP contribution in [0.4, 0.5) is 4.39 Å². The van der Waals surface area contributed by atoms with Gasteiger partial charge in [0.25, 0.3) is 0 Å². The van der Waals surface area contributed by atoms with Crippen molar-refractivity contribution in [1.82, 2.24) is 0 Å². The first-order valence-corrected chi connectivity index (χ1v) is 7.77. The van der Waals surface area contributed by atoms with E-state index in [1.165, 1.54) is 51.9 Å². The molecule has 0 atom stereocenters. The molecule has 1 aromatic heterocycles. The monoisotopic (exact) mass is 356 g/mol. The number of ketones is 1. The van der Waals surface area contributed by atoms with E-state index in [1.807, 2.05) is 0 Å². The van der Waals surface area contributed by atoms with E-state index in [0.717, 1.165) is 0 Å². The molecule has 1 heterocycles. The molecule has 0 fully saturated rings. The van der Waals surface area contributed by atoms with Gasteiger partial charge in [0.05, 0.1) is 33.2 Å². The predicted molar refractivity (Wildman–Crippen MR) is 93.6 cm³/mol. The van der Waals surface area contributed by atoms with Gasteiger partial charge in [0.1, 0.15) is 11.6 Å². The number of rotatable bonds is 6. The molecule has 0 unspecified atom stereocenters. The quantitative estimate of drug-likeness (QED) is 0.615. The summed E-state index contributed by atoms with van der Waals surface area (Å²) in [6, 6.07) is 10.7. The molecule has 0 bridgehead atoms. The van der Waals surface area contributed by atoms with Crippen LogP contribution in [-0.2, 0) is 0 Å². The Kier molecular flexibility index (Phi) is 4.93. The molecular weight excluding hydrogens is 339 g/mol. The fourth-order valence-electron chi connectivity index (χ4n) is 2.66. The molecule has 0 amide bonds. The predicted octanol–water partition coefficient (Wildman–Crippen LogP) is 4.34. The normalized spacial score (nSPS) is 10.5. The van der Waals surface area contributed by atoms with E-state index in [1.54, 1.807) is 18.2 Å². The highest BCUT2D eigenvalue weighted by Gasteiger charge is 2.21. The minimum Gasteiger partial charge on any atom is -0.493 e. The third kappa shape index (κ3) is 3.13. The third-order valence-electron chi connectivity index (χ3n) is 3.94. The van der Waals surface area contributed by atoms with Crippen LogP contribution in [0.3, 0.4) is 0 Å². The van der Waals surface area contributed by atoms with Crippen LogP contribution in [0, 0.1) is 5.82 Å². The number of halogens is 1. The van der Waals surface area contributed by atoms with Crippen molar-refractivity contribution in [2.45, 2.75) is 0 Å². The summed E-state index contributed by atoms with van der Waals surface area (Å²) in [6.45, 7) is 0. The van der Waals surface area contributed by atoms with Crippen LogP contribution in [-0.4, -0.2) is 27.1 Å². The van der Waals surface area contributed by atoms with Gasteiger partial charge in [-0.2, -0.15) is 0 Å². The lowest BCUT2D eigenvalue weighted by molar-refractivity contribution is 0.103. The summed E-state index contributed by atoms with van der Waals surface area (Å²) >= 11 is 0. The summed E-state index contributed by atoms with van der Waals surface area (Å²) in [6.07, 6.45) is 1.51. The first-order valence-electron chi connectivity index (χ1n) is 7.77. The molecule has 3 aromatic rings. The summed E-state index contributed by atoms with van der Waals surface area (Å²) in [4.78, 5) is 12.9. The van der Waals surface area contributed by atoms with Crippen LogP contribution in [0.5, 0.6) is 17.2 Å². The van der Waals surface area contributed by atoms with E-state index in [4.69, 9.17) is 18.6 Å². The maximum absolute atomic E-state index is 14.3. The van der Waals surface area contributed by atoms with Crippen LogP contribution in [0.2, 0.25) is 0 Å². The van der Waals surface area contributed by atoms with E-state index in [2.05, 4.69) is 0 Å². The summed E-state index contributed by atoms with van der Waals surface area (Å²) in [5.74, 6) is 0.408. The molecule has 0 saturated heterocycles. The van der Waals surface area contributed by atoms with E-state index < -0.39 is 11.6 Å². The molecule has 2 aromatic carbocycles. The van der Waals surface area contributed by atoms with Crippen LogP contribution < -0.4 is 14.2 Å². The summed E-state index contributed by atoms with van der Waals surface area (Å²) in [7, 11) is 4.36. The first-order chi connectivity index (χ1) is 12.6. The molecule has 134 valence electrons. The van der Waals surface area contributed by atoms with Gasteiger partial charge in [0.2, 0.25) is 5.75 Å². The van der Waals surface area contributed by atoms with Gasteiger partial charge in [-0.15, -0.1) is 0 Å². The zero-order valence-corrected chi connectivity index (χ0v) is 14.5. The number of furan rings is 1. The molecule has 26 heavy (non-hydrogen) atoms. The molecule has 5 nitrogen and oxygen atoms in total. The largest absolute Gasteiger partial charge is 0.493 e. The van der Waals surface area contributed by atoms with E-state index in [0.29, 0.717) is 28.6 Å². The van der Waals surface area contributed by atoms with Gasteiger partial charge in [0.15, 0.2) is 17.3 Å². The average Bonchev–Trinajstić information content (AvgIpc) is 3.21. The van der Waals surface area contributed by atoms with Crippen molar-refractivity contribution in [1.29, 1.82) is 0 Å². The lowest BCUT2D eigenvalue weighted by Crippen LogP contribution is -2.06. The Labute approximate surface area is 149 Å². The third-order valence-corrected chi connectivity index (χ3v) is 3.94. The Morgan fingerprint density at radius 3 is 2.19 bits per heavy atom. The van der Waals surface area contributed by atoms with Gasteiger partial charge in [-0.1, -0.05) is 0 Å². The summed E-state index contributed by atoms with van der Waals surface area (Å²) < 4.78 is 35.4. The first kappa shape index (κ1) is 17.5. The van der Waals surface area contributed by atoms with Gasteiger partial charge in [-0.05, 0) is 42.5 Å². The number of carbonyl (C=O) groups excluding carboxylic acids is 1. The Hall–Kier alpha value is -3.28. The van der Waals surface area contributed by atoms with Gasteiger partial charge < -0.3 is 18.6 Å². The second kappa shape index (κ2) is 7.31. The van der Waals surface area contributed by atoms with Gasteiger partial charge in [-0.3, -0.25) is 4.79 Å². The number of hydrogen-bond acceptors (Lipinski definition) is 5. The second-order valence-corrected chi connectivity index (χ2v) is 5.42. The van der Waals surface area contributed by atoms with Crippen LogP contribution in [0.15, 0.2) is 53.1 Å². The van der Waals surface area contributed by atoms with Crippen molar-refractivity contribution in [2.24, 2.45) is 0 Å². The minimum atomic E-state index is -0.626. The van der Waals surface area contributed by atoms with Crippen molar-refractivity contribution in [3.05, 3.63) is 65.7 Å². The maximum Gasteiger partial charge on any atom is 0.203 e. The topological polar surface area (TPSA) is 57.9 Å². The zero-order valence-electron chi connectivity index (χ0n) is 14.5. The van der Waals surface area contributed by atoms with Crippen molar-refractivity contribution in [2.75, 3.05) is 21.3 Å². The Bertz CT molecular complexity index is 906. The standard InChI is InChI=1S/C20H17FO5/c1-23-17-10-13(11-18(24-2)20(17)25-3)19(22)14-9-12(6-7-15(14)21)16-5-4-8-26-16/h4-11H,1-3H3. The fourth-order valence-corrected chi connectivity index (χ4v) is 2.66. The molecule has 0 radical (unpaired) electrons. The molecular formula is C20H17FO5. The number of methoxy groups -OCH3 is 3. The highest BCUT2D eigenvalue weighted by atomic mass is 19.1. The smallest absolute Gasteiger partial charge is 0.203 e. The second-order valence-electron chi connectivity index (χ2n) is 5.42. The Morgan fingerprint density at radius 2 is 1.65 bits per heavy atom. The van der Waals surface area contributed by atoms with Crippen LogP contribution >= 0.6 is 0 Å². The maximum atomic E-state index is 14.3. The lowest BCUT2D eigenvalue weighted by Gasteiger charge is -2.14. The zero-order chi connectivity index (χ0) is 18.7. The SMILES string of the molecule is COc1cc(C(=O)c2cc(-c3ccco3)ccc2F)cc(OC)c1OC. The van der Waals surface area contributed by atoms with Crippen LogP contribution in [0.25, 0.3) is 11.3 Å². The highest BCUT2D eigenvalue weighted by Crippen LogP contribution is 2.39. The average molecular weight is 356 g/mol. The van der Waals surface area contributed by atoms with Gasteiger partial charge in [-0.25, -0.2) is 4.39 Å². The van der Waals surface area contributed by atoms with Crippen molar-refractivity contribution in [3.8, 4) is 28.6 Å². The summed E-state index contributed by atoms with van der Waals surface area (Å²) in [5, 5.41) is 0. The molecule has 0 aliphatic heterocycles. The van der Waals surface area contributed by atoms with Crippen molar-refractivity contribution in [3.63, 3.8) is 0 Å². The molecule has 0 spiro atoms. The fraction of sp³-hybridized carbons (Fsp3) is 0.150. The Balaban J connectivity index is 2.08. The molecule has 0 N–H and O–H groups in total. The van der Waals surface area contributed by atoms with Gasteiger partial charge in [0, 0.05) is 11.1 Å². The van der Waals surface area contributed by atoms with Crippen molar-refractivity contribution < 1.29 is 27.8 Å². The van der Waals surface area contributed by atoms with Crippen LogP contribution in [0.1, 0.15) is 15.9 Å². The number of benzene rings is 2.